The minimum absolute atomic E-state index is 0.619. The van der Waals surface area contributed by atoms with Crippen molar-refractivity contribution in [1.29, 1.82) is 0 Å². The van der Waals surface area contributed by atoms with Gasteiger partial charge in [0.15, 0.2) is 0 Å². The maximum absolute atomic E-state index is 4.23. The van der Waals surface area contributed by atoms with Gasteiger partial charge in [-0.1, -0.05) is 13.0 Å². The van der Waals surface area contributed by atoms with E-state index in [1.54, 1.807) is 0 Å². The molecule has 11 heavy (non-hydrogen) atoms. The highest BCUT2D eigenvalue weighted by Crippen LogP contribution is 2.06. The van der Waals surface area contributed by atoms with Gasteiger partial charge in [-0.3, -0.25) is 4.98 Å². The summed E-state index contributed by atoms with van der Waals surface area (Å²) in [6, 6.07) is 6.02. The van der Waals surface area contributed by atoms with Crippen LogP contribution in [-0.4, -0.2) is 10.7 Å². The maximum Gasteiger partial charge on any atom is 0.0406 e. The van der Waals surface area contributed by atoms with Crippen LogP contribution in [0, 0.1) is 5.92 Å². The predicted molar refractivity (Wildman–Crippen MR) is 51.0 cm³/mol. The van der Waals surface area contributed by atoms with Gasteiger partial charge in [0.05, 0.1) is 0 Å². The van der Waals surface area contributed by atoms with Gasteiger partial charge in [0.1, 0.15) is 0 Å². The largest absolute Gasteiger partial charge is 0.261 e. The van der Waals surface area contributed by atoms with Crippen LogP contribution in [0.25, 0.3) is 0 Å². The fourth-order valence-corrected chi connectivity index (χ4v) is 1.07. The van der Waals surface area contributed by atoms with Crippen LogP contribution in [0.1, 0.15) is 12.6 Å². The topological polar surface area (TPSA) is 12.9 Å². The summed E-state index contributed by atoms with van der Waals surface area (Å²) in [6.07, 6.45) is 2.87. The van der Waals surface area contributed by atoms with Crippen LogP contribution in [0.2, 0.25) is 0 Å². The zero-order valence-electron chi connectivity index (χ0n) is 6.70. The van der Waals surface area contributed by atoms with Crippen LogP contribution in [0.5, 0.6) is 0 Å². The van der Waals surface area contributed by atoms with Crippen LogP contribution in [0.4, 0.5) is 0 Å². The van der Waals surface area contributed by atoms with E-state index in [-0.39, 0.29) is 0 Å². The van der Waals surface area contributed by atoms with Crippen molar-refractivity contribution in [2.24, 2.45) is 5.92 Å². The molecule has 0 fully saturated rings. The molecule has 0 N–H and O–H groups in total. The third-order valence-electron chi connectivity index (χ3n) is 1.60. The Labute approximate surface area is 73.3 Å². The Morgan fingerprint density at radius 1 is 1.55 bits per heavy atom. The van der Waals surface area contributed by atoms with Gasteiger partial charge in [-0.15, -0.1) is 0 Å². The van der Waals surface area contributed by atoms with E-state index < -0.39 is 0 Å². The fraction of sp³-hybridized carbons (Fsp3) is 0.444. The van der Waals surface area contributed by atoms with E-state index in [9.17, 15) is 0 Å². The lowest BCUT2D eigenvalue weighted by molar-refractivity contribution is 0.648. The molecule has 0 bridgehead atoms. The lowest BCUT2D eigenvalue weighted by Gasteiger charge is -2.05. The Balaban J connectivity index is 2.51. The smallest absolute Gasteiger partial charge is 0.0406 e. The number of aromatic nitrogens is 1. The lowest BCUT2D eigenvalue weighted by Crippen LogP contribution is -2.02. The second-order valence-corrected chi connectivity index (χ2v) is 3.18. The molecule has 0 amide bonds. The van der Waals surface area contributed by atoms with E-state index in [0.29, 0.717) is 5.92 Å². The number of rotatable bonds is 3. The number of pyridine rings is 1. The second-order valence-electron chi connectivity index (χ2n) is 2.81. The van der Waals surface area contributed by atoms with Gasteiger partial charge < -0.3 is 0 Å². The molecule has 1 rings (SSSR count). The van der Waals surface area contributed by atoms with Gasteiger partial charge in [-0.05, 0) is 30.2 Å². The molecule has 0 spiro atoms. The molecule has 0 saturated carbocycles. The standard InChI is InChI=1S/C9H13NS/c1-8(7-11)6-9-4-2-3-5-10-9/h2-5,8,11H,6-7H2,1H3. The predicted octanol–water partition coefficient (Wildman–Crippen LogP) is 2.19. The first kappa shape index (κ1) is 8.60. The Morgan fingerprint density at radius 2 is 2.36 bits per heavy atom. The maximum atomic E-state index is 4.23. The molecular weight excluding hydrogens is 154 g/mol. The number of nitrogens with zero attached hydrogens (tertiary/aromatic N) is 1. The molecule has 1 aromatic rings. The molecule has 1 heterocycles. The van der Waals surface area contributed by atoms with Gasteiger partial charge in [0.2, 0.25) is 0 Å². The van der Waals surface area contributed by atoms with E-state index in [2.05, 4.69) is 30.6 Å². The Hall–Kier alpha value is -0.500. The Bertz CT molecular complexity index is 198. The summed E-state index contributed by atoms with van der Waals surface area (Å²) in [5.74, 6) is 1.55. The first-order chi connectivity index (χ1) is 5.33. The minimum Gasteiger partial charge on any atom is -0.261 e. The molecule has 0 aromatic carbocycles. The average molecular weight is 167 g/mol. The van der Waals surface area contributed by atoms with Gasteiger partial charge in [0.25, 0.3) is 0 Å². The quantitative estimate of drug-likeness (QED) is 0.681. The summed E-state index contributed by atoms with van der Waals surface area (Å²) in [6.45, 7) is 2.18. The number of thiol groups is 1. The highest BCUT2D eigenvalue weighted by Gasteiger charge is 2.00. The zero-order valence-corrected chi connectivity index (χ0v) is 7.59. The monoisotopic (exact) mass is 167 g/mol. The molecular formula is C9H13NS. The molecule has 1 aromatic heterocycles. The number of hydrogen-bond acceptors (Lipinski definition) is 2. The molecule has 1 atom stereocenters. The summed E-state index contributed by atoms with van der Waals surface area (Å²) in [4.78, 5) is 4.23. The summed E-state index contributed by atoms with van der Waals surface area (Å²) < 4.78 is 0. The van der Waals surface area contributed by atoms with Crippen LogP contribution < -0.4 is 0 Å². The second kappa shape index (κ2) is 4.39. The fourth-order valence-electron chi connectivity index (χ4n) is 0.940. The normalized spacial score (nSPS) is 12.9. The Kier molecular flexibility index (Phi) is 3.43. The highest BCUT2D eigenvalue weighted by molar-refractivity contribution is 7.80. The molecule has 0 saturated heterocycles. The zero-order chi connectivity index (χ0) is 8.10. The lowest BCUT2D eigenvalue weighted by atomic mass is 10.1. The van der Waals surface area contributed by atoms with E-state index >= 15 is 0 Å². The first-order valence-electron chi connectivity index (χ1n) is 3.83. The van der Waals surface area contributed by atoms with Crippen LogP contribution in [0.15, 0.2) is 24.4 Å². The Morgan fingerprint density at radius 3 is 2.91 bits per heavy atom. The summed E-state index contributed by atoms with van der Waals surface area (Å²) in [5, 5.41) is 0. The van der Waals surface area contributed by atoms with Crippen LogP contribution >= 0.6 is 12.6 Å². The molecule has 0 aliphatic carbocycles. The van der Waals surface area contributed by atoms with E-state index in [4.69, 9.17) is 0 Å². The third-order valence-corrected chi connectivity index (χ3v) is 2.22. The third kappa shape index (κ3) is 2.93. The van der Waals surface area contributed by atoms with Crippen molar-refractivity contribution < 1.29 is 0 Å². The van der Waals surface area contributed by atoms with Crippen molar-refractivity contribution in [2.45, 2.75) is 13.3 Å². The average Bonchev–Trinajstić information content (AvgIpc) is 2.06. The molecule has 0 aliphatic rings. The molecule has 0 radical (unpaired) electrons. The van der Waals surface area contributed by atoms with Crippen molar-refractivity contribution in [3.05, 3.63) is 30.1 Å². The van der Waals surface area contributed by atoms with Crippen LogP contribution in [0.3, 0.4) is 0 Å². The van der Waals surface area contributed by atoms with Crippen molar-refractivity contribution in [3.8, 4) is 0 Å². The first-order valence-corrected chi connectivity index (χ1v) is 4.47. The molecule has 60 valence electrons. The SMILES string of the molecule is CC(CS)Cc1ccccn1. The van der Waals surface area contributed by atoms with Crippen molar-refractivity contribution in [3.63, 3.8) is 0 Å². The van der Waals surface area contributed by atoms with Gasteiger partial charge in [-0.25, -0.2) is 0 Å². The van der Waals surface area contributed by atoms with Gasteiger partial charge >= 0.3 is 0 Å². The summed E-state index contributed by atoms with van der Waals surface area (Å²) in [7, 11) is 0. The van der Waals surface area contributed by atoms with E-state index in [0.717, 1.165) is 17.9 Å². The molecule has 0 aliphatic heterocycles. The molecule has 1 unspecified atom stereocenters. The molecule has 2 heteroatoms. The van der Waals surface area contributed by atoms with Crippen LogP contribution in [-0.2, 0) is 6.42 Å². The molecule has 1 nitrogen and oxygen atoms in total. The van der Waals surface area contributed by atoms with Crippen molar-refractivity contribution >= 4 is 12.6 Å². The minimum atomic E-state index is 0.619. The summed E-state index contributed by atoms with van der Waals surface area (Å²) in [5.41, 5.74) is 1.16. The van der Waals surface area contributed by atoms with Gasteiger partial charge in [0, 0.05) is 11.9 Å². The summed E-state index contributed by atoms with van der Waals surface area (Å²) >= 11 is 4.22. The van der Waals surface area contributed by atoms with Gasteiger partial charge in [-0.2, -0.15) is 12.6 Å². The van der Waals surface area contributed by atoms with Crippen molar-refractivity contribution in [1.82, 2.24) is 4.98 Å². The van der Waals surface area contributed by atoms with Crippen molar-refractivity contribution in [2.75, 3.05) is 5.75 Å². The van der Waals surface area contributed by atoms with E-state index in [1.165, 1.54) is 0 Å². The number of hydrogen-bond donors (Lipinski definition) is 1. The van der Waals surface area contributed by atoms with E-state index in [1.807, 2.05) is 18.3 Å². The highest BCUT2D eigenvalue weighted by atomic mass is 32.1.